The third kappa shape index (κ3) is 1.41. The monoisotopic (exact) mass is 247 g/mol. The number of nitrogen functional groups attached to an aromatic ring is 1. The molecule has 0 aromatic carbocycles. The van der Waals surface area contributed by atoms with Crippen LogP contribution in [0.15, 0.2) is 18.5 Å². The van der Waals surface area contributed by atoms with Crippen LogP contribution in [0.25, 0.3) is 11.2 Å². The summed E-state index contributed by atoms with van der Waals surface area (Å²) in [7, 11) is 0. The molecule has 7 nitrogen and oxygen atoms in total. The summed E-state index contributed by atoms with van der Waals surface area (Å²) >= 11 is 0. The molecule has 0 spiro atoms. The Labute approximate surface area is 103 Å². The van der Waals surface area contributed by atoms with Crippen molar-refractivity contribution >= 4 is 17.0 Å². The van der Waals surface area contributed by atoms with E-state index in [1.54, 1.807) is 23.6 Å². The Morgan fingerprint density at radius 3 is 2.72 bits per heavy atom. The number of aliphatic hydroxyl groups excluding tert-OH is 2. The molecule has 0 saturated carbocycles. The average molecular weight is 247 g/mol. The molecule has 2 aromatic rings. The third-order valence-electron chi connectivity index (χ3n) is 3.19. The van der Waals surface area contributed by atoms with Gasteiger partial charge in [-0.2, -0.15) is 0 Å². The number of nitrogens with zero attached hydrogens (tertiary/aromatic N) is 4. The smallest absolute Gasteiger partial charge is 0.166 e. The Hall–Kier alpha value is -1.99. The molecule has 7 heteroatoms. The van der Waals surface area contributed by atoms with Gasteiger partial charge < -0.3 is 20.5 Å². The molecule has 94 valence electrons. The SMILES string of the molecule is Cc1nc2c(N)ncnc2n1[C@@H]1C=C[C@@H](O)[C@H]1O. The summed E-state index contributed by atoms with van der Waals surface area (Å²) in [4.78, 5) is 12.3. The summed E-state index contributed by atoms with van der Waals surface area (Å²) in [5.74, 6) is 0.971. The Bertz CT molecular complexity index is 636. The van der Waals surface area contributed by atoms with Gasteiger partial charge in [0.05, 0.1) is 6.04 Å². The molecule has 0 radical (unpaired) electrons. The van der Waals surface area contributed by atoms with Gasteiger partial charge in [-0.1, -0.05) is 12.2 Å². The highest BCUT2D eigenvalue weighted by atomic mass is 16.3. The fourth-order valence-corrected chi connectivity index (χ4v) is 2.29. The second-order valence-corrected chi connectivity index (χ2v) is 4.32. The van der Waals surface area contributed by atoms with Gasteiger partial charge in [-0.3, -0.25) is 0 Å². The van der Waals surface area contributed by atoms with E-state index in [2.05, 4.69) is 15.0 Å². The molecular formula is C11H13N5O2. The first-order valence-electron chi connectivity index (χ1n) is 5.59. The Balaban J connectivity index is 2.21. The molecule has 3 rings (SSSR count). The van der Waals surface area contributed by atoms with Gasteiger partial charge >= 0.3 is 0 Å². The van der Waals surface area contributed by atoms with Crippen molar-refractivity contribution in [3.05, 3.63) is 24.3 Å². The Morgan fingerprint density at radius 1 is 1.28 bits per heavy atom. The van der Waals surface area contributed by atoms with E-state index in [0.29, 0.717) is 22.8 Å². The first kappa shape index (κ1) is 11.1. The van der Waals surface area contributed by atoms with Crippen molar-refractivity contribution in [3.8, 4) is 0 Å². The van der Waals surface area contributed by atoms with Crippen LogP contribution in [0.5, 0.6) is 0 Å². The van der Waals surface area contributed by atoms with Gasteiger partial charge in [0.15, 0.2) is 17.0 Å². The number of aliphatic hydroxyl groups is 2. The number of anilines is 1. The van der Waals surface area contributed by atoms with Gasteiger partial charge in [-0.15, -0.1) is 0 Å². The summed E-state index contributed by atoms with van der Waals surface area (Å²) in [5, 5.41) is 19.5. The molecule has 18 heavy (non-hydrogen) atoms. The summed E-state index contributed by atoms with van der Waals surface area (Å²) < 4.78 is 1.75. The van der Waals surface area contributed by atoms with Gasteiger partial charge in [0.1, 0.15) is 24.4 Å². The molecular weight excluding hydrogens is 234 g/mol. The number of aromatic nitrogens is 4. The zero-order valence-corrected chi connectivity index (χ0v) is 9.72. The van der Waals surface area contributed by atoms with Crippen molar-refractivity contribution in [2.75, 3.05) is 5.73 Å². The van der Waals surface area contributed by atoms with Gasteiger partial charge in [0.2, 0.25) is 0 Å². The molecule has 0 unspecified atom stereocenters. The van der Waals surface area contributed by atoms with Crippen molar-refractivity contribution < 1.29 is 10.2 Å². The zero-order valence-electron chi connectivity index (χ0n) is 9.72. The highest BCUT2D eigenvalue weighted by Gasteiger charge is 2.32. The van der Waals surface area contributed by atoms with Gasteiger partial charge in [0, 0.05) is 0 Å². The summed E-state index contributed by atoms with van der Waals surface area (Å²) in [6.45, 7) is 1.80. The number of imidazole rings is 1. The van der Waals surface area contributed by atoms with E-state index in [1.807, 2.05) is 0 Å². The maximum Gasteiger partial charge on any atom is 0.166 e. The number of aryl methyl sites for hydroxylation is 1. The molecule has 3 atom stereocenters. The normalized spacial score (nSPS) is 27.2. The zero-order chi connectivity index (χ0) is 12.9. The number of hydrogen-bond donors (Lipinski definition) is 3. The second-order valence-electron chi connectivity index (χ2n) is 4.32. The fourth-order valence-electron chi connectivity index (χ4n) is 2.29. The predicted molar refractivity (Wildman–Crippen MR) is 64.7 cm³/mol. The van der Waals surface area contributed by atoms with Gasteiger partial charge in [0.25, 0.3) is 0 Å². The lowest BCUT2D eigenvalue weighted by Crippen LogP contribution is -2.28. The second kappa shape index (κ2) is 3.76. The highest BCUT2D eigenvalue weighted by Crippen LogP contribution is 2.29. The van der Waals surface area contributed by atoms with Crippen molar-refractivity contribution in [3.63, 3.8) is 0 Å². The van der Waals surface area contributed by atoms with E-state index in [1.165, 1.54) is 6.33 Å². The molecule has 0 fully saturated rings. The summed E-state index contributed by atoms with van der Waals surface area (Å²) in [6.07, 6.45) is 2.88. The number of hydrogen-bond acceptors (Lipinski definition) is 6. The minimum absolute atomic E-state index is 0.305. The summed E-state index contributed by atoms with van der Waals surface area (Å²) in [6, 6.07) is -0.390. The standard InChI is InChI=1S/C11H13N5O2/c1-5-15-8-10(12)13-4-14-11(8)16(5)6-2-3-7(17)9(6)18/h2-4,6-7,9,17-18H,1H3,(H2,12,13,14)/t6-,7-,9+/m1/s1. The fraction of sp³-hybridized carbons (Fsp3) is 0.364. The van der Waals surface area contributed by atoms with E-state index >= 15 is 0 Å². The molecule has 2 heterocycles. The minimum Gasteiger partial charge on any atom is -0.388 e. The maximum atomic E-state index is 9.95. The van der Waals surface area contributed by atoms with Crippen molar-refractivity contribution in [2.45, 2.75) is 25.2 Å². The molecule has 0 aliphatic heterocycles. The highest BCUT2D eigenvalue weighted by molar-refractivity contribution is 5.82. The molecule has 0 amide bonds. The maximum absolute atomic E-state index is 9.95. The molecule has 0 saturated heterocycles. The van der Waals surface area contributed by atoms with Crippen LogP contribution < -0.4 is 5.73 Å². The van der Waals surface area contributed by atoms with Crippen LogP contribution in [0, 0.1) is 6.92 Å². The lowest BCUT2D eigenvalue weighted by Gasteiger charge is -2.19. The molecule has 4 N–H and O–H groups in total. The quantitative estimate of drug-likeness (QED) is 0.589. The lowest BCUT2D eigenvalue weighted by molar-refractivity contribution is 0.0371. The van der Waals surface area contributed by atoms with Crippen LogP contribution in [-0.4, -0.2) is 41.9 Å². The largest absolute Gasteiger partial charge is 0.388 e. The molecule has 2 aromatic heterocycles. The number of nitrogens with two attached hydrogens (primary N) is 1. The van der Waals surface area contributed by atoms with Crippen LogP contribution in [0.4, 0.5) is 5.82 Å². The van der Waals surface area contributed by atoms with Crippen molar-refractivity contribution in [1.82, 2.24) is 19.5 Å². The Kier molecular flexibility index (Phi) is 2.32. The molecule has 0 bridgehead atoms. The average Bonchev–Trinajstić information content (AvgIpc) is 2.83. The lowest BCUT2D eigenvalue weighted by atomic mass is 10.2. The predicted octanol–water partition coefficient (Wildman–Crippen LogP) is -0.450. The van der Waals surface area contributed by atoms with E-state index < -0.39 is 12.2 Å². The molecule has 1 aliphatic rings. The minimum atomic E-state index is -0.905. The van der Waals surface area contributed by atoms with Crippen molar-refractivity contribution in [1.29, 1.82) is 0 Å². The van der Waals surface area contributed by atoms with Crippen LogP contribution in [0.1, 0.15) is 11.9 Å². The topological polar surface area (TPSA) is 110 Å². The van der Waals surface area contributed by atoms with E-state index in [-0.39, 0.29) is 6.04 Å². The van der Waals surface area contributed by atoms with Gasteiger partial charge in [-0.05, 0) is 6.92 Å². The molecule has 1 aliphatic carbocycles. The van der Waals surface area contributed by atoms with Crippen LogP contribution in [0.2, 0.25) is 0 Å². The van der Waals surface area contributed by atoms with E-state index in [9.17, 15) is 10.2 Å². The van der Waals surface area contributed by atoms with Crippen LogP contribution in [0.3, 0.4) is 0 Å². The van der Waals surface area contributed by atoms with Crippen LogP contribution >= 0.6 is 0 Å². The first-order valence-corrected chi connectivity index (χ1v) is 5.59. The Morgan fingerprint density at radius 2 is 2.06 bits per heavy atom. The van der Waals surface area contributed by atoms with Crippen molar-refractivity contribution in [2.24, 2.45) is 0 Å². The van der Waals surface area contributed by atoms with E-state index in [4.69, 9.17) is 5.73 Å². The number of fused-ring (bicyclic) bond motifs is 1. The van der Waals surface area contributed by atoms with Crippen LogP contribution in [-0.2, 0) is 0 Å². The van der Waals surface area contributed by atoms with E-state index in [0.717, 1.165) is 0 Å². The van der Waals surface area contributed by atoms with Gasteiger partial charge in [-0.25, -0.2) is 15.0 Å². The number of rotatable bonds is 1. The first-order chi connectivity index (χ1) is 8.59. The summed E-state index contributed by atoms with van der Waals surface area (Å²) in [5.41, 5.74) is 6.81. The third-order valence-corrected chi connectivity index (χ3v) is 3.19.